The van der Waals surface area contributed by atoms with E-state index in [-0.39, 0.29) is 5.75 Å². The number of ether oxygens (including phenoxy) is 2. The van der Waals surface area contributed by atoms with Crippen molar-refractivity contribution in [2.45, 2.75) is 39.2 Å². The van der Waals surface area contributed by atoms with E-state index in [1.54, 1.807) is 18.3 Å². The van der Waals surface area contributed by atoms with Crippen molar-refractivity contribution in [3.05, 3.63) is 42.6 Å². The van der Waals surface area contributed by atoms with Crippen molar-refractivity contribution in [3.63, 3.8) is 0 Å². The predicted molar refractivity (Wildman–Crippen MR) is 85.9 cm³/mol. The highest BCUT2D eigenvalue weighted by Crippen LogP contribution is 2.23. The van der Waals surface area contributed by atoms with Gasteiger partial charge in [0.1, 0.15) is 11.5 Å². The Balaban J connectivity index is 1.88. The van der Waals surface area contributed by atoms with Crippen molar-refractivity contribution in [2.75, 3.05) is 6.61 Å². The van der Waals surface area contributed by atoms with Gasteiger partial charge in [0.25, 0.3) is 0 Å². The van der Waals surface area contributed by atoms with Gasteiger partial charge in [0, 0.05) is 5.56 Å². The maximum absolute atomic E-state index is 12.1. The van der Waals surface area contributed by atoms with Crippen LogP contribution in [0.1, 0.15) is 32.6 Å². The standard InChI is InChI=1S/C18H21F2NO2/c1-2-3-4-5-12-22-16-10-11-17(21-13-16)14-6-8-15(9-7-14)23-18(19)20/h6-11,13,18H,2-5,12H2,1H3. The van der Waals surface area contributed by atoms with E-state index in [0.717, 1.165) is 23.4 Å². The van der Waals surface area contributed by atoms with Crippen LogP contribution in [-0.4, -0.2) is 18.2 Å². The number of hydrogen-bond donors (Lipinski definition) is 0. The second kappa shape index (κ2) is 9.08. The molecule has 0 spiro atoms. The van der Waals surface area contributed by atoms with E-state index in [1.165, 1.54) is 31.4 Å². The molecular weight excluding hydrogens is 300 g/mol. The monoisotopic (exact) mass is 321 g/mol. The first-order valence-electron chi connectivity index (χ1n) is 7.83. The van der Waals surface area contributed by atoms with E-state index >= 15 is 0 Å². The highest BCUT2D eigenvalue weighted by molar-refractivity contribution is 5.60. The SMILES string of the molecule is CCCCCCOc1ccc(-c2ccc(OC(F)F)cc2)nc1. The summed E-state index contributed by atoms with van der Waals surface area (Å²) in [6.45, 7) is 0.0591. The van der Waals surface area contributed by atoms with Crippen LogP contribution in [0.5, 0.6) is 11.5 Å². The molecule has 1 aromatic heterocycles. The van der Waals surface area contributed by atoms with Crippen LogP contribution in [0.2, 0.25) is 0 Å². The molecule has 23 heavy (non-hydrogen) atoms. The van der Waals surface area contributed by atoms with Gasteiger partial charge in [0.15, 0.2) is 0 Å². The lowest BCUT2D eigenvalue weighted by molar-refractivity contribution is -0.0498. The molecule has 1 heterocycles. The Morgan fingerprint density at radius 2 is 1.70 bits per heavy atom. The molecule has 0 aliphatic heterocycles. The highest BCUT2D eigenvalue weighted by Gasteiger charge is 2.05. The van der Waals surface area contributed by atoms with Crippen LogP contribution >= 0.6 is 0 Å². The summed E-state index contributed by atoms with van der Waals surface area (Å²) in [5.41, 5.74) is 1.59. The number of aromatic nitrogens is 1. The van der Waals surface area contributed by atoms with Gasteiger partial charge in [-0.05, 0) is 42.8 Å². The lowest BCUT2D eigenvalue weighted by Gasteiger charge is -2.08. The molecule has 2 rings (SSSR count). The van der Waals surface area contributed by atoms with Gasteiger partial charge in [-0.15, -0.1) is 0 Å². The van der Waals surface area contributed by atoms with Crippen molar-refractivity contribution in [2.24, 2.45) is 0 Å². The van der Waals surface area contributed by atoms with Gasteiger partial charge in [0.2, 0.25) is 0 Å². The summed E-state index contributed by atoms with van der Waals surface area (Å²) in [6, 6.07) is 10.1. The number of pyridine rings is 1. The Hall–Kier alpha value is -2.17. The van der Waals surface area contributed by atoms with Gasteiger partial charge in [0.05, 0.1) is 18.5 Å². The molecule has 0 amide bonds. The second-order valence-corrected chi connectivity index (χ2v) is 5.19. The average molecular weight is 321 g/mol. The summed E-state index contributed by atoms with van der Waals surface area (Å²) >= 11 is 0. The van der Waals surface area contributed by atoms with E-state index in [0.29, 0.717) is 6.61 Å². The molecule has 5 heteroatoms. The Bertz CT molecular complexity index is 571. The number of unbranched alkanes of at least 4 members (excludes halogenated alkanes) is 3. The Labute approximate surface area is 135 Å². The van der Waals surface area contributed by atoms with Crippen LogP contribution in [0, 0.1) is 0 Å². The van der Waals surface area contributed by atoms with Gasteiger partial charge in [-0.2, -0.15) is 8.78 Å². The molecule has 124 valence electrons. The summed E-state index contributed by atoms with van der Waals surface area (Å²) < 4.78 is 34.2. The first kappa shape index (κ1) is 17.2. The molecule has 0 fully saturated rings. The summed E-state index contributed by atoms with van der Waals surface area (Å²) in [6.07, 6.45) is 6.33. The third-order valence-electron chi connectivity index (χ3n) is 3.38. The molecule has 1 aromatic carbocycles. The number of halogens is 2. The lowest BCUT2D eigenvalue weighted by Crippen LogP contribution is -2.01. The molecule has 0 N–H and O–H groups in total. The fourth-order valence-corrected chi connectivity index (χ4v) is 2.16. The van der Waals surface area contributed by atoms with Crippen LogP contribution in [0.25, 0.3) is 11.3 Å². The van der Waals surface area contributed by atoms with Crippen molar-refractivity contribution < 1.29 is 18.3 Å². The van der Waals surface area contributed by atoms with Crippen molar-refractivity contribution in [3.8, 4) is 22.8 Å². The fourth-order valence-electron chi connectivity index (χ4n) is 2.16. The first-order chi connectivity index (χ1) is 11.2. The number of rotatable bonds is 9. The van der Waals surface area contributed by atoms with Gasteiger partial charge >= 0.3 is 6.61 Å². The third kappa shape index (κ3) is 5.85. The predicted octanol–water partition coefficient (Wildman–Crippen LogP) is 5.31. The third-order valence-corrected chi connectivity index (χ3v) is 3.38. The largest absolute Gasteiger partial charge is 0.492 e. The van der Waals surface area contributed by atoms with Crippen LogP contribution in [0.15, 0.2) is 42.6 Å². The first-order valence-corrected chi connectivity index (χ1v) is 7.83. The van der Waals surface area contributed by atoms with Crippen molar-refractivity contribution in [1.82, 2.24) is 4.98 Å². The average Bonchev–Trinajstić information content (AvgIpc) is 2.55. The quantitative estimate of drug-likeness (QED) is 0.587. The zero-order valence-corrected chi connectivity index (χ0v) is 13.2. The van der Waals surface area contributed by atoms with Crippen LogP contribution in [0.3, 0.4) is 0 Å². The van der Waals surface area contributed by atoms with Crippen molar-refractivity contribution in [1.29, 1.82) is 0 Å². The van der Waals surface area contributed by atoms with Gasteiger partial charge < -0.3 is 9.47 Å². The van der Waals surface area contributed by atoms with Gasteiger partial charge in [-0.1, -0.05) is 26.2 Å². The molecule has 0 aliphatic rings. The molecule has 3 nitrogen and oxygen atoms in total. The maximum atomic E-state index is 12.1. The van der Waals surface area contributed by atoms with Gasteiger partial charge in [-0.3, -0.25) is 4.98 Å². The van der Waals surface area contributed by atoms with Crippen LogP contribution in [0.4, 0.5) is 8.78 Å². The second-order valence-electron chi connectivity index (χ2n) is 5.19. The van der Waals surface area contributed by atoms with E-state index in [4.69, 9.17) is 4.74 Å². The highest BCUT2D eigenvalue weighted by atomic mass is 19.3. The molecular formula is C18H21F2NO2. The summed E-state index contributed by atoms with van der Waals surface area (Å²) in [7, 11) is 0. The zero-order valence-electron chi connectivity index (χ0n) is 13.2. The smallest absolute Gasteiger partial charge is 0.387 e. The van der Waals surface area contributed by atoms with Gasteiger partial charge in [-0.25, -0.2) is 0 Å². The van der Waals surface area contributed by atoms with Crippen molar-refractivity contribution >= 4 is 0 Å². The molecule has 2 aromatic rings. The fraction of sp³-hybridized carbons (Fsp3) is 0.389. The minimum absolute atomic E-state index is 0.135. The molecule has 0 radical (unpaired) electrons. The lowest BCUT2D eigenvalue weighted by atomic mass is 10.1. The number of benzene rings is 1. The summed E-state index contributed by atoms with van der Waals surface area (Å²) in [4.78, 5) is 4.34. The minimum Gasteiger partial charge on any atom is -0.492 e. The topological polar surface area (TPSA) is 31.4 Å². The Kier molecular flexibility index (Phi) is 6.78. The maximum Gasteiger partial charge on any atom is 0.387 e. The molecule has 0 aliphatic carbocycles. The molecule has 0 saturated carbocycles. The van der Waals surface area contributed by atoms with E-state index in [2.05, 4.69) is 16.6 Å². The van der Waals surface area contributed by atoms with Crippen LogP contribution < -0.4 is 9.47 Å². The Morgan fingerprint density at radius 3 is 2.30 bits per heavy atom. The zero-order chi connectivity index (χ0) is 16.5. The van der Waals surface area contributed by atoms with E-state index in [1.807, 2.05) is 12.1 Å². The number of nitrogens with zero attached hydrogens (tertiary/aromatic N) is 1. The molecule has 0 unspecified atom stereocenters. The molecule has 0 bridgehead atoms. The van der Waals surface area contributed by atoms with Crippen LogP contribution in [-0.2, 0) is 0 Å². The minimum atomic E-state index is -2.81. The summed E-state index contributed by atoms with van der Waals surface area (Å²) in [5, 5.41) is 0. The van der Waals surface area contributed by atoms with E-state index < -0.39 is 6.61 Å². The number of alkyl halides is 2. The Morgan fingerprint density at radius 1 is 0.957 bits per heavy atom. The molecule has 0 atom stereocenters. The normalized spacial score (nSPS) is 10.8. The van der Waals surface area contributed by atoms with E-state index in [9.17, 15) is 8.78 Å². The summed E-state index contributed by atoms with van der Waals surface area (Å²) in [5.74, 6) is 0.874. The number of hydrogen-bond acceptors (Lipinski definition) is 3. The molecule has 0 saturated heterocycles.